The SMILES string of the molecule is C1=c2c3cc(-c4cccc5c4oc4c(-c6ccc7c(c6)c6cccc8c9ccccc9n7c86)cccc45)ccc3n3c2c(c2ccccc23)CC1. The molecule has 51 heavy (non-hydrogen) atoms. The molecule has 3 heteroatoms. The van der Waals surface area contributed by atoms with Crippen molar-refractivity contribution < 1.29 is 4.42 Å². The molecule has 0 aliphatic heterocycles. The Morgan fingerprint density at radius 1 is 0.412 bits per heavy atom. The third kappa shape index (κ3) is 3.16. The van der Waals surface area contributed by atoms with E-state index in [1.165, 1.54) is 87.3 Å². The number of aromatic nitrogens is 2. The maximum absolute atomic E-state index is 6.99. The Bertz CT molecular complexity index is 3540. The molecule has 0 saturated carbocycles. The summed E-state index contributed by atoms with van der Waals surface area (Å²) in [6.45, 7) is 0. The van der Waals surface area contributed by atoms with Crippen LogP contribution >= 0.6 is 0 Å². The van der Waals surface area contributed by atoms with E-state index in [2.05, 4.69) is 154 Å². The topological polar surface area (TPSA) is 22.0 Å². The average Bonchev–Trinajstić information content (AvgIpc) is 3.99. The fourth-order valence-corrected chi connectivity index (χ4v) is 9.78. The summed E-state index contributed by atoms with van der Waals surface area (Å²) < 4.78 is 11.9. The lowest BCUT2D eigenvalue weighted by atomic mass is 9.97. The van der Waals surface area contributed by atoms with Gasteiger partial charge in [0.2, 0.25) is 0 Å². The lowest BCUT2D eigenvalue weighted by Crippen LogP contribution is -2.05. The van der Waals surface area contributed by atoms with E-state index >= 15 is 0 Å². The van der Waals surface area contributed by atoms with Crippen molar-refractivity contribution in [2.75, 3.05) is 0 Å². The second-order valence-electron chi connectivity index (χ2n) is 14.3. The normalized spacial score (nSPS) is 13.5. The second kappa shape index (κ2) is 9.15. The molecule has 0 amide bonds. The van der Waals surface area contributed by atoms with Crippen LogP contribution in [-0.2, 0) is 6.42 Å². The van der Waals surface area contributed by atoms with Crippen molar-refractivity contribution in [3.8, 4) is 22.3 Å². The second-order valence-corrected chi connectivity index (χ2v) is 14.3. The Balaban J connectivity index is 1.02. The van der Waals surface area contributed by atoms with E-state index in [0.717, 1.165) is 45.9 Å². The van der Waals surface area contributed by atoms with Gasteiger partial charge in [-0.1, -0.05) is 109 Å². The van der Waals surface area contributed by atoms with E-state index in [1.54, 1.807) is 0 Å². The zero-order chi connectivity index (χ0) is 32.9. The fraction of sp³-hybridized carbons (Fsp3) is 0.0417. The van der Waals surface area contributed by atoms with Gasteiger partial charge in [0.05, 0.1) is 33.1 Å². The van der Waals surface area contributed by atoms with Crippen LogP contribution in [0, 0.1) is 0 Å². The van der Waals surface area contributed by atoms with Gasteiger partial charge in [-0.3, -0.25) is 0 Å². The van der Waals surface area contributed by atoms with Crippen LogP contribution in [0.4, 0.5) is 0 Å². The first-order chi connectivity index (χ1) is 25.3. The molecule has 0 radical (unpaired) electrons. The summed E-state index contributed by atoms with van der Waals surface area (Å²) in [5.74, 6) is 0. The van der Waals surface area contributed by atoms with Gasteiger partial charge in [0, 0.05) is 59.4 Å². The standard InChI is InChI=1S/C48H28N2O/c1-3-19-41-31(9-1)33-13-7-15-35-39-25-27(21-23-43(39)49(41)45(33)35)29-11-5-17-37-38-18-6-12-30(48(38)51-47(29)37)28-22-24-44-40(26-28)36-16-8-14-34-32-10-2-4-20-42(32)50(44)46(34)36/h1-7,9-13,15-26H,8,14H2. The van der Waals surface area contributed by atoms with Crippen LogP contribution in [0.5, 0.6) is 0 Å². The molecule has 0 fully saturated rings. The minimum absolute atomic E-state index is 0.935. The minimum atomic E-state index is 0.935. The van der Waals surface area contributed by atoms with Gasteiger partial charge in [-0.05, 0) is 65.9 Å². The monoisotopic (exact) mass is 648 g/mol. The van der Waals surface area contributed by atoms with E-state index in [0.29, 0.717) is 0 Å². The Morgan fingerprint density at radius 2 is 0.941 bits per heavy atom. The number of hydrogen-bond donors (Lipinski definition) is 0. The molecule has 0 saturated heterocycles. The molecule has 1 aliphatic carbocycles. The highest BCUT2D eigenvalue weighted by atomic mass is 16.3. The molecule has 13 rings (SSSR count). The number of para-hydroxylation sites is 5. The van der Waals surface area contributed by atoms with Gasteiger partial charge in [-0.15, -0.1) is 0 Å². The van der Waals surface area contributed by atoms with Crippen LogP contribution in [0.1, 0.15) is 12.0 Å². The van der Waals surface area contributed by atoms with E-state index in [4.69, 9.17) is 4.42 Å². The summed E-state index contributed by atoms with van der Waals surface area (Å²) in [7, 11) is 0. The Kier molecular flexibility index (Phi) is 4.72. The molecule has 0 bridgehead atoms. The number of rotatable bonds is 2. The van der Waals surface area contributed by atoms with E-state index in [1.807, 2.05) is 0 Å². The van der Waals surface area contributed by atoms with Gasteiger partial charge in [0.25, 0.3) is 0 Å². The number of aryl methyl sites for hydroxylation is 1. The van der Waals surface area contributed by atoms with Crippen molar-refractivity contribution >= 4 is 93.4 Å². The van der Waals surface area contributed by atoms with E-state index in [9.17, 15) is 0 Å². The predicted octanol–water partition coefficient (Wildman–Crippen LogP) is 12.1. The molecule has 0 N–H and O–H groups in total. The van der Waals surface area contributed by atoms with Crippen molar-refractivity contribution in [2.45, 2.75) is 12.8 Å². The maximum Gasteiger partial charge on any atom is 0.143 e. The summed E-state index contributed by atoms with van der Waals surface area (Å²) in [5.41, 5.74) is 15.7. The van der Waals surface area contributed by atoms with Gasteiger partial charge < -0.3 is 13.2 Å². The van der Waals surface area contributed by atoms with Crippen LogP contribution in [-0.4, -0.2) is 8.80 Å². The van der Waals surface area contributed by atoms with Crippen LogP contribution < -0.4 is 5.22 Å². The molecule has 1 aliphatic rings. The summed E-state index contributed by atoms with van der Waals surface area (Å²) in [6.07, 6.45) is 4.61. The first-order valence-corrected chi connectivity index (χ1v) is 17.9. The van der Waals surface area contributed by atoms with Gasteiger partial charge in [0.15, 0.2) is 0 Å². The Hall–Kier alpha value is -6.58. The summed E-state index contributed by atoms with van der Waals surface area (Å²) in [6, 6.07) is 51.4. The molecule has 5 aromatic heterocycles. The molecule has 0 unspecified atom stereocenters. The van der Waals surface area contributed by atoms with Gasteiger partial charge in [-0.2, -0.15) is 0 Å². The van der Waals surface area contributed by atoms with E-state index < -0.39 is 0 Å². The van der Waals surface area contributed by atoms with Gasteiger partial charge in [0.1, 0.15) is 11.2 Å². The third-order valence-electron chi connectivity index (χ3n) is 11.9. The molecule has 12 aromatic rings. The minimum Gasteiger partial charge on any atom is -0.455 e. The van der Waals surface area contributed by atoms with Crippen molar-refractivity contribution in [1.29, 1.82) is 0 Å². The largest absolute Gasteiger partial charge is 0.455 e. The highest BCUT2D eigenvalue weighted by Gasteiger charge is 2.22. The van der Waals surface area contributed by atoms with Crippen molar-refractivity contribution in [3.63, 3.8) is 0 Å². The number of hydrogen-bond acceptors (Lipinski definition) is 1. The molecular formula is C48H28N2O. The lowest BCUT2D eigenvalue weighted by molar-refractivity contribution is 0.671. The quantitative estimate of drug-likeness (QED) is 0.183. The first-order valence-electron chi connectivity index (χ1n) is 17.9. The molecule has 7 aromatic carbocycles. The molecule has 0 spiro atoms. The van der Waals surface area contributed by atoms with Crippen LogP contribution in [0.15, 0.2) is 144 Å². The number of furan rings is 1. The van der Waals surface area contributed by atoms with E-state index in [-0.39, 0.29) is 0 Å². The average molecular weight is 649 g/mol. The first kappa shape index (κ1) is 26.3. The summed E-state index contributed by atoms with van der Waals surface area (Å²) >= 11 is 0. The molecule has 236 valence electrons. The zero-order valence-corrected chi connectivity index (χ0v) is 27.6. The smallest absolute Gasteiger partial charge is 0.143 e. The summed E-state index contributed by atoms with van der Waals surface area (Å²) in [4.78, 5) is 0. The van der Waals surface area contributed by atoms with Gasteiger partial charge >= 0.3 is 0 Å². The molecule has 0 atom stereocenters. The highest BCUT2D eigenvalue weighted by Crippen LogP contribution is 2.44. The molecule has 3 nitrogen and oxygen atoms in total. The highest BCUT2D eigenvalue weighted by molar-refractivity contribution is 6.24. The maximum atomic E-state index is 6.99. The molecule has 5 heterocycles. The van der Waals surface area contributed by atoms with Crippen LogP contribution in [0.2, 0.25) is 0 Å². The predicted molar refractivity (Wildman–Crippen MR) is 213 cm³/mol. The number of fused-ring (bicyclic) bond motifs is 15. The van der Waals surface area contributed by atoms with Crippen LogP contribution in [0.25, 0.3) is 116 Å². The Labute approximate surface area is 291 Å². The van der Waals surface area contributed by atoms with Gasteiger partial charge in [-0.25, -0.2) is 0 Å². The fourth-order valence-electron chi connectivity index (χ4n) is 9.78. The number of benzene rings is 7. The van der Waals surface area contributed by atoms with Crippen molar-refractivity contribution in [2.24, 2.45) is 0 Å². The number of nitrogens with zero attached hydrogens (tertiary/aromatic N) is 2. The molecular weight excluding hydrogens is 621 g/mol. The van der Waals surface area contributed by atoms with Crippen molar-refractivity contribution in [3.05, 3.63) is 150 Å². The zero-order valence-electron chi connectivity index (χ0n) is 27.6. The third-order valence-corrected chi connectivity index (χ3v) is 11.9. The Morgan fingerprint density at radius 3 is 1.69 bits per heavy atom. The van der Waals surface area contributed by atoms with Crippen LogP contribution in [0.3, 0.4) is 0 Å². The van der Waals surface area contributed by atoms with Crippen molar-refractivity contribution in [1.82, 2.24) is 8.80 Å². The summed E-state index contributed by atoms with van der Waals surface area (Å²) in [5, 5.41) is 11.5. The lowest BCUT2D eigenvalue weighted by Gasteiger charge is -2.06.